The molecular weight excluding hydrogens is 256 g/mol. The van der Waals surface area contributed by atoms with Crippen molar-refractivity contribution in [2.24, 2.45) is 17.0 Å². The van der Waals surface area contributed by atoms with Crippen LogP contribution in [-0.4, -0.2) is 31.7 Å². The van der Waals surface area contributed by atoms with E-state index in [2.05, 4.69) is 22.3 Å². The fourth-order valence-corrected chi connectivity index (χ4v) is 2.75. The summed E-state index contributed by atoms with van der Waals surface area (Å²) in [4.78, 5) is 14.8. The molecule has 1 atom stereocenters. The van der Waals surface area contributed by atoms with Gasteiger partial charge in [0.15, 0.2) is 0 Å². The van der Waals surface area contributed by atoms with Gasteiger partial charge in [-0.15, -0.1) is 0 Å². The highest BCUT2D eigenvalue weighted by molar-refractivity contribution is 5.76. The molecule has 1 saturated carbocycles. The van der Waals surface area contributed by atoms with Crippen molar-refractivity contribution in [3.63, 3.8) is 0 Å². The molecule has 1 N–H and O–H groups in total. The largest absolute Gasteiger partial charge is 0.465 e. The summed E-state index contributed by atoms with van der Waals surface area (Å²) in [6.07, 6.45) is 5.26. The molecule has 0 amide bonds. The van der Waals surface area contributed by atoms with Crippen LogP contribution in [-0.2, 0) is 9.53 Å². The van der Waals surface area contributed by atoms with Crippen LogP contribution in [0.3, 0.4) is 0 Å². The summed E-state index contributed by atoms with van der Waals surface area (Å²) in [6, 6.07) is -0.214. The number of hydrogen-bond donors (Lipinski definition) is 1. The molecule has 0 bridgehead atoms. The summed E-state index contributed by atoms with van der Waals surface area (Å²) in [5.74, 6) is 0.986. The maximum Gasteiger partial charge on any atom is 0.323 e. The van der Waals surface area contributed by atoms with Gasteiger partial charge in [-0.05, 0) is 50.1 Å². The van der Waals surface area contributed by atoms with Crippen molar-refractivity contribution in [2.45, 2.75) is 52.0 Å². The lowest BCUT2D eigenvalue weighted by Gasteiger charge is -2.32. The Balaban J connectivity index is 2.46. The van der Waals surface area contributed by atoms with Gasteiger partial charge in [0, 0.05) is 11.5 Å². The van der Waals surface area contributed by atoms with Crippen molar-refractivity contribution >= 4 is 5.97 Å². The summed E-state index contributed by atoms with van der Waals surface area (Å²) in [5, 5.41) is 6.79. The van der Waals surface area contributed by atoms with Gasteiger partial charge in [0.25, 0.3) is 0 Å². The molecule has 1 aliphatic carbocycles. The van der Waals surface area contributed by atoms with Crippen LogP contribution in [0.5, 0.6) is 0 Å². The van der Waals surface area contributed by atoms with E-state index in [4.69, 9.17) is 10.3 Å². The fraction of sp³-hybridized carbons (Fsp3) is 0.929. The summed E-state index contributed by atoms with van der Waals surface area (Å²) in [6.45, 7) is 5.65. The Kier molecular flexibility index (Phi) is 8.07. The molecule has 0 heterocycles. The van der Waals surface area contributed by atoms with E-state index < -0.39 is 0 Å². The van der Waals surface area contributed by atoms with E-state index >= 15 is 0 Å². The molecule has 6 heteroatoms. The van der Waals surface area contributed by atoms with Gasteiger partial charge >= 0.3 is 5.97 Å². The van der Waals surface area contributed by atoms with Crippen LogP contribution in [0.2, 0.25) is 0 Å². The molecule has 1 aliphatic rings. The first-order chi connectivity index (χ1) is 9.69. The van der Waals surface area contributed by atoms with E-state index in [-0.39, 0.29) is 12.0 Å². The first-order valence-corrected chi connectivity index (χ1v) is 7.59. The molecule has 114 valence electrons. The van der Waals surface area contributed by atoms with Gasteiger partial charge in [0.1, 0.15) is 6.04 Å². The maximum absolute atomic E-state index is 12.1. The highest BCUT2D eigenvalue weighted by Gasteiger charge is 2.31. The maximum atomic E-state index is 12.1. The molecule has 1 unspecified atom stereocenters. The second kappa shape index (κ2) is 9.61. The molecule has 0 saturated heterocycles. The zero-order chi connectivity index (χ0) is 14.8. The Morgan fingerprint density at radius 3 is 2.75 bits per heavy atom. The molecule has 0 radical (unpaired) electrons. The van der Waals surface area contributed by atoms with E-state index in [1.165, 1.54) is 12.8 Å². The van der Waals surface area contributed by atoms with Gasteiger partial charge in [-0.1, -0.05) is 24.9 Å². The minimum atomic E-state index is -0.214. The molecule has 0 spiro atoms. The third kappa shape index (κ3) is 5.80. The lowest BCUT2D eigenvalue weighted by molar-refractivity contribution is -0.147. The average Bonchev–Trinajstić information content (AvgIpc) is 2.44. The predicted octanol–water partition coefficient (Wildman–Crippen LogP) is 3.03. The lowest BCUT2D eigenvalue weighted by Crippen LogP contribution is -2.45. The zero-order valence-corrected chi connectivity index (χ0v) is 12.5. The highest BCUT2D eigenvalue weighted by Crippen LogP contribution is 2.30. The van der Waals surface area contributed by atoms with Gasteiger partial charge < -0.3 is 10.1 Å². The fourth-order valence-electron chi connectivity index (χ4n) is 2.75. The average molecular weight is 282 g/mol. The molecule has 0 aromatic carbocycles. The standard InChI is InChI=1S/C14H26N4O2/c1-3-20-14(19)13(16-9-4-10-17-18-15)12-7-5-11(2)6-8-12/h11-13,16H,3-10H2,1-2H3. The molecule has 1 fully saturated rings. The molecule has 0 aromatic heterocycles. The van der Waals surface area contributed by atoms with Crippen molar-refractivity contribution in [3.8, 4) is 0 Å². The van der Waals surface area contributed by atoms with E-state index in [0.717, 1.165) is 25.2 Å². The number of carbonyl (C=O) groups excluding carboxylic acids is 1. The lowest BCUT2D eigenvalue weighted by atomic mass is 9.79. The van der Waals surface area contributed by atoms with Crippen LogP contribution in [0, 0.1) is 11.8 Å². The van der Waals surface area contributed by atoms with Crippen molar-refractivity contribution in [3.05, 3.63) is 10.4 Å². The second-order valence-corrected chi connectivity index (χ2v) is 5.51. The van der Waals surface area contributed by atoms with E-state index in [9.17, 15) is 4.79 Å². The predicted molar refractivity (Wildman–Crippen MR) is 78.2 cm³/mol. The Bertz CT molecular complexity index is 334. The van der Waals surface area contributed by atoms with Gasteiger partial charge in [0.2, 0.25) is 0 Å². The quantitative estimate of drug-likeness (QED) is 0.244. The third-order valence-corrected chi connectivity index (χ3v) is 3.93. The Morgan fingerprint density at radius 1 is 1.45 bits per heavy atom. The number of hydrogen-bond acceptors (Lipinski definition) is 4. The van der Waals surface area contributed by atoms with Gasteiger partial charge in [-0.3, -0.25) is 4.79 Å². The Hall–Kier alpha value is -1.26. The van der Waals surface area contributed by atoms with E-state index in [1.807, 2.05) is 6.92 Å². The van der Waals surface area contributed by atoms with Crippen LogP contribution in [0.25, 0.3) is 10.4 Å². The van der Waals surface area contributed by atoms with Crippen LogP contribution in [0.1, 0.15) is 46.0 Å². The number of nitrogens with zero attached hydrogens (tertiary/aromatic N) is 3. The third-order valence-electron chi connectivity index (χ3n) is 3.93. The number of carbonyl (C=O) groups is 1. The highest BCUT2D eigenvalue weighted by atomic mass is 16.5. The number of azide groups is 1. The normalized spacial score (nSPS) is 23.7. The Morgan fingerprint density at radius 2 is 2.15 bits per heavy atom. The topological polar surface area (TPSA) is 87.1 Å². The minimum absolute atomic E-state index is 0.143. The zero-order valence-electron chi connectivity index (χ0n) is 12.5. The summed E-state index contributed by atoms with van der Waals surface area (Å²) in [7, 11) is 0. The van der Waals surface area contributed by atoms with Crippen LogP contribution in [0.15, 0.2) is 5.11 Å². The molecule has 0 aromatic rings. The summed E-state index contributed by atoms with van der Waals surface area (Å²) < 4.78 is 5.18. The molecule has 20 heavy (non-hydrogen) atoms. The summed E-state index contributed by atoms with van der Waals surface area (Å²) in [5.41, 5.74) is 8.23. The van der Waals surface area contributed by atoms with E-state index in [1.54, 1.807) is 0 Å². The van der Waals surface area contributed by atoms with Crippen molar-refractivity contribution in [1.82, 2.24) is 5.32 Å². The van der Waals surface area contributed by atoms with Crippen molar-refractivity contribution in [1.29, 1.82) is 0 Å². The molecule has 0 aliphatic heterocycles. The SMILES string of the molecule is CCOC(=O)C(NCCCN=[N+]=[N-])C1CCC(C)CC1. The minimum Gasteiger partial charge on any atom is -0.465 e. The van der Waals surface area contributed by atoms with Gasteiger partial charge in [0.05, 0.1) is 6.61 Å². The smallest absolute Gasteiger partial charge is 0.323 e. The number of ether oxygens (including phenoxy) is 1. The van der Waals surface area contributed by atoms with Gasteiger partial charge in [-0.25, -0.2) is 0 Å². The van der Waals surface area contributed by atoms with Crippen LogP contribution >= 0.6 is 0 Å². The van der Waals surface area contributed by atoms with Crippen LogP contribution in [0.4, 0.5) is 0 Å². The number of esters is 1. The van der Waals surface area contributed by atoms with Gasteiger partial charge in [-0.2, -0.15) is 0 Å². The summed E-state index contributed by atoms with van der Waals surface area (Å²) >= 11 is 0. The van der Waals surface area contributed by atoms with Crippen molar-refractivity contribution < 1.29 is 9.53 Å². The molecular formula is C14H26N4O2. The Labute approximate surface area is 120 Å². The number of nitrogens with one attached hydrogen (secondary N) is 1. The molecule has 6 nitrogen and oxygen atoms in total. The first-order valence-electron chi connectivity index (χ1n) is 7.59. The molecule has 1 rings (SSSR count). The first kappa shape index (κ1) is 16.8. The van der Waals surface area contributed by atoms with Crippen LogP contribution < -0.4 is 5.32 Å². The van der Waals surface area contributed by atoms with Crippen molar-refractivity contribution in [2.75, 3.05) is 19.7 Å². The second-order valence-electron chi connectivity index (χ2n) is 5.51. The number of rotatable bonds is 8. The monoisotopic (exact) mass is 282 g/mol. The van der Waals surface area contributed by atoms with E-state index in [0.29, 0.717) is 25.6 Å².